The molecule has 0 radical (unpaired) electrons. The molecule has 1 unspecified atom stereocenters. The molecule has 3 N–H and O–H groups in total. The van der Waals surface area contributed by atoms with Crippen LogP contribution in [-0.4, -0.2) is 20.7 Å². The Morgan fingerprint density at radius 2 is 2.28 bits per heavy atom. The van der Waals surface area contributed by atoms with Crippen molar-refractivity contribution in [2.24, 2.45) is 0 Å². The van der Waals surface area contributed by atoms with Gasteiger partial charge < -0.3 is 11.1 Å². The van der Waals surface area contributed by atoms with Gasteiger partial charge in [-0.25, -0.2) is 9.67 Å². The average Bonchev–Trinajstić information content (AvgIpc) is 2.87. The molecule has 18 heavy (non-hydrogen) atoms. The molecular weight excluding hydrogens is 230 g/mol. The van der Waals surface area contributed by atoms with E-state index in [2.05, 4.69) is 15.4 Å². The monoisotopic (exact) mass is 245 g/mol. The quantitative estimate of drug-likeness (QED) is 0.800. The highest BCUT2D eigenvalue weighted by molar-refractivity contribution is 5.94. The van der Waals surface area contributed by atoms with Gasteiger partial charge in [-0.1, -0.05) is 6.07 Å². The molecule has 0 aliphatic heterocycles. The Morgan fingerprint density at radius 1 is 1.50 bits per heavy atom. The minimum atomic E-state index is -0.423. The van der Waals surface area contributed by atoms with Gasteiger partial charge in [0.05, 0.1) is 0 Å². The number of nitrogens with one attached hydrogen (secondary N) is 1. The van der Waals surface area contributed by atoms with E-state index in [0.717, 1.165) is 5.56 Å². The number of nitrogens with two attached hydrogens (primary N) is 1. The van der Waals surface area contributed by atoms with Crippen LogP contribution in [0.25, 0.3) is 0 Å². The Bertz CT molecular complexity index is 550. The Kier molecular flexibility index (Phi) is 3.27. The molecule has 0 spiro atoms. The lowest BCUT2D eigenvalue weighted by Crippen LogP contribution is -2.24. The zero-order valence-corrected chi connectivity index (χ0v) is 10.3. The molecular formula is C12H15N5O. The van der Waals surface area contributed by atoms with Gasteiger partial charge in [0.1, 0.15) is 18.7 Å². The number of nitrogen functional groups attached to an aromatic ring is 1. The maximum absolute atomic E-state index is 12.0. The van der Waals surface area contributed by atoms with E-state index in [4.69, 9.17) is 5.73 Å². The molecule has 1 heterocycles. The van der Waals surface area contributed by atoms with Crippen molar-refractivity contribution >= 4 is 17.3 Å². The van der Waals surface area contributed by atoms with Crippen molar-refractivity contribution in [3.05, 3.63) is 36.4 Å². The first-order valence-electron chi connectivity index (χ1n) is 5.59. The highest BCUT2D eigenvalue weighted by Crippen LogP contribution is 2.21. The number of anilines is 2. The summed E-state index contributed by atoms with van der Waals surface area (Å²) in [6.45, 7) is 3.62. The number of nitrogens with zero attached hydrogens (tertiary/aromatic N) is 3. The first-order valence-corrected chi connectivity index (χ1v) is 5.59. The Hall–Kier alpha value is -2.37. The van der Waals surface area contributed by atoms with Crippen LogP contribution in [0.4, 0.5) is 11.4 Å². The number of amides is 1. The van der Waals surface area contributed by atoms with E-state index in [1.54, 1.807) is 19.1 Å². The summed E-state index contributed by atoms with van der Waals surface area (Å²) in [7, 11) is 0. The average molecular weight is 245 g/mol. The summed E-state index contributed by atoms with van der Waals surface area (Å²) >= 11 is 0. The van der Waals surface area contributed by atoms with E-state index >= 15 is 0 Å². The van der Waals surface area contributed by atoms with Crippen LogP contribution in [0.3, 0.4) is 0 Å². The van der Waals surface area contributed by atoms with E-state index in [-0.39, 0.29) is 5.91 Å². The summed E-state index contributed by atoms with van der Waals surface area (Å²) in [4.78, 5) is 15.9. The van der Waals surface area contributed by atoms with Crippen molar-refractivity contribution in [2.45, 2.75) is 19.9 Å². The van der Waals surface area contributed by atoms with Crippen molar-refractivity contribution in [3.8, 4) is 0 Å². The van der Waals surface area contributed by atoms with Gasteiger partial charge in [0, 0.05) is 11.4 Å². The maximum Gasteiger partial charge on any atom is 0.249 e. The molecule has 1 amide bonds. The van der Waals surface area contributed by atoms with Gasteiger partial charge in [0.2, 0.25) is 5.91 Å². The fraction of sp³-hybridized carbons (Fsp3) is 0.250. The van der Waals surface area contributed by atoms with Gasteiger partial charge >= 0.3 is 0 Å². The lowest BCUT2D eigenvalue weighted by atomic mass is 10.1. The Balaban J connectivity index is 2.14. The summed E-state index contributed by atoms with van der Waals surface area (Å²) in [6.07, 6.45) is 2.91. The van der Waals surface area contributed by atoms with E-state index in [1.807, 2.05) is 13.0 Å². The number of rotatable bonds is 3. The van der Waals surface area contributed by atoms with E-state index < -0.39 is 6.04 Å². The van der Waals surface area contributed by atoms with E-state index in [9.17, 15) is 4.79 Å². The van der Waals surface area contributed by atoms with Crippen molar-refractivity contribution < 1.29 is 4.79 Å². The van der Waals surface area contributed by atoms with Crippen molar-refractivity contribution in [1.29, 1.82) is 0 Å². The molecule has 1 aromatic heterocycles. The lowest BCUT2D eigenvalue weighted by molar-refractivity contribution is -0.119. The number of hydrogen-bond acceptors (Lipinski definition) is 4. The maximum atomic E-state index is 12.0. The molecule has 0 aliphatic rings. The second-order valence-corrected chi connectivity index (χ2v) is 4.06. The largest absolute Gasteiger partial charge is 0.398 e. The summed E-state index contributed by atoms with van der Waals surface area (Å²) in [5.41, 5.74) is 8.01. The van der Waals surface area contributed by atoms with Gasteiger partial charge in [0.25, 0.3) is 0 Å². The number of aromatic nitrogens is 3. The molecule has 1 atom stereocenters. The van der Waals surface area contributed by atoms with Crippen LogP contribution in [-0.2, 0) is 4.79 Å². The second-order valence-electron chi connectivity index (χ2n) is 4.06. The third-order valence-corrected chi connectivity index (χ3v) is 2.85. The molecule has 2 rings (SSSR count). The molecule has 6 heteroatoms. The van der Waals surface area contributed by atoms with E-state index in [0.29, 0.717) is 11.4 Å². The molecule has 0 bridgehead atoms. The van der Waals surface area contributed by atoms with Gasteiger partial charge in [-0.15, -0.1) is 0 Å². The van der Waals surface area contributed by atoms with Crippen LogP contribution in [0, 0.1) is 6.92 Å². The highest BCUT2D eigenvalue weighted by atomic mass is 16.2. The van der Waals surface area contributed by atoms with Crippen LogP contribution < -0.4 is 11.1 Å². The predicted molar refractivity (Wildman–Crippen MR) is 69.0 cm³/mol. The Morgan fingerprint density at radius 3 is 2.94 bits per heavy atom. The zero-order chi connectivity index (χ0) is 13.1. The molecule has 0 saturated carbocycles. The summed E-state index contributed by atoms with van der Waals surface area (Å²) in [6, 6.07) is 5.00. The third kappa shape index (κ3) is 2.32. The van der Waals surface area contributed by atoms with E-state index in [1.165, 1.54) is 17.3 Å². The smallest absolute Gasteiger partial charge is 0.249 e. The van der Waals surface area contributed by atoms with Gasteiger partial charge in [-0.05, 0) is 31.5 Å². The fourth-order valence-electron chi connectivity index (χ4n) is 1.56. The van der Waals surface area contributed by atoms with Crippen LogP contribution >= 0.6 is 0 Å². The minimum absolute atomic E-state index is 0.158. The first kappa shape index (κ1) is 12.1. The summed E-state index contributed by atoms with van der Waals surface area (Å²) in [5.74, 6) is -0.158. The number of carbonyl (C=O) groups is 1. The molecule has 2 aromatic rings. The normalized spacial score (nSPS) is 12.1. The Labute approximate surface area is 105 Å². The van der Waals surface area contributed by atoms with Crippen molar-refractivity contribution in [1.82, 2.24) is 14.8 Å². The van der Waals surface area contributed by atoms with Crippen LogP contribution in [0.1, 0.15) is 18.5 Å². The second kappa shape index (κ2) is 4.87. The summed E-state index contributed by atoms with van der Waals surface area (Å²) in [5, 5.41) is 6.77. The van der Waals surface area contributed by atoms with Gasteiger partial charge in [-0.2, -0.15) is 5.10 Å². The highest BCUT2D eigenvalue weighted by Gasteiger charge is 2.16. The summed E-state index contributed by atoms with van der Waals surface area (Å²) < 4.78 is 1.50. The molecule has 0 fully saturated rings. The van der Waals surface area contributed by atoms with Gasteiger partial charge in [0.15, 0.2) is 0 Å². The molecule has 1 aromatic carbocycles. The first-order chi connectivity index (χ1) is 8.59. The molecule has 94 valence electrons. The van der Waals surface area contributed by atoms with Crippen LogP contribution in [0.5, 0.6) is 0 Å². The standard InChI is InChI=1S/C12H15N5O/c1-8-10(13)4-3-5-11(8)16-12(18)9(2)17-7-14-6-15-17/h3-7,9H,13H2,1-2H3,(H,16,18). The minimum Gasteiger partial charge on any atom is -0.398 e. The number of benzene rings is 1. The number of hydrogen-bond donors (Lipinski definition) is 2. The zero-order valence-electron chi connectivity index (χ0n) is 10.3. The number of carbonyl (C=O) groups excluding carboxylic acids is 1. The van der Waals surface area contributed by atoms with Crippen LogP contribution in [0.15, 0.2) is 30.9 Å². The molecule has 0 saturated heterocycles. The SMILES string of the molecule is Cc1c(N)cccc1NC(=O)C(C)n1cncn1. The van der Waals surface area contributed by atoms with Crippen LogP contribution in [0.2, 0.25) is 0 Å². The van der Waals surface area contributed by atoms with Crippen molar-refractivity contribution in [2.75, 3.05) is 11.1 Å². The van der Waals surface area contributed by atoms with Crippen molar-refractivity contribution in [3.63, 3.8) is 0 Å². The topological polar surface area (TPSA) is 85.8 Å². The predicted octanol–water partition coefficient (Wildman–Crippen LogP) is 1.37. The molecule has 0 aliphatic carbocycles. The third-order valence-electron chi connectivity index (χ3n) is 2.85. The fourth-order valence-corrected chi connectivity index (χ4v) is 1.56. The lowest BCUT2D eigenvalue weighted by Gasteiger charge is -2.14. The van der Waals surface area contributed by atoms with Gasteiger partial charge in [-0.3, -0.25) is 4.79 Å². The molecule has 6 nitrogen and oxygen atoms in total.